The first kappa shape index (κ1) is 8.38. The lowest BCUT2D eigenvalue weighted by atomic mass is 10.3. The number of aldehydes is 1. The van der Waals surface area contributed by atoms with Crippen molar-refractivity contribution in [2.75, 3.05) is 0 Å². The molecule has 0 radical (unpaired) electrons. The molecule has 0 N–H and O–H groups in total. The molecule has 0 aliphatic rings. The topological polar surface area (TPSA) is 78.0 Å². The van der Waals surface area contributed by atoms with Crippen molar-refractivity contribution in [1.29, 1.82) is 0 Å². The summed E-state index contributed by atoms with van der Waals surface area (Å²) in [5.74, 6) is -0.246. The Labute approximate surface area is 68.0 Å². The van der Waals surface area contributed by atoms with Crippen molar-refractivity contribution in [2.24, 2.45) is 7.05 Å². The van der Waals surface area contributed by atoms with Crippen LogP contribution < -0.4 is 0 Å². The SMILES string of the molecule is Cn1cnc([N+](=O)[O-])c1CC=O. The van der Waals surface area contributed by atoms with Gasteiger partial charge in [0.2, 0.25) is 6.33 Å². The molecule has 0 aliphatic carbocycles. The fraction of sp³-hybridized carbons (Fsp3) is 0.333. The van der Waals surface area contributed by atoms with E-state index in [0.717, 1.165) is 0 Å². The highest BCUT2D eigenvalue weighted by Crippen LogP contribution is 2.14. The zero-order chi connectivity index (χ0) is 9.14. The lowest BCUT2D eigenvalue weighted by Gasteiger charge is -1.94. The molecule has 0 aromatic carbocycles. The van der Waals surface area contributed by atoms with E-state index < -0.39 is 4.92 Å². The van der Waals surface area contributed by atoms with Crippen molar-refractivity contribution in [3.63, 3.8) is 0 Å². The highest BCUT2D eigenvalue weighted by Gasteiger charge is 2.18. The van der Waals surface area contributed by atoms with Gasteiger partial charge in [-0.05, 0) is 9.91 Å². The molecule has 1 heterocycles. The second-order valence-corrected chi connectivity index (χ2v) is 2.25. The molecule has 1 aromatic rings. The van der Waals surface area contributed by atoms with E-state index in [2.05, 4.69) is 4.98 Å². The van der Waals surface area contributed by atoms with Gasteiger partial charge in [0.1, 0.15) is 12.0 Å². The summed E-state index contributed by atoms with van der Waals surface area (Å²) in [5.41, 5.74) is 0.329. The Bertz CT molecular complexity index is 318. The van der Waals surface area contributed by atoms with E-state index in [1.54, 1.807) is 7.05 Å². The second kappa shape index (κ2) is 3.12. The highest BCUT2D eigenvalue weighted by molar-refractivity contribution is 5.56. The van der Waals surface area contributed by atoms with E-state index in [1.165, 1.54) is 10.9 Å². The Hall–Kier alpha value is -1.72. The minimum Gasteiger partial charge on any atom is -0.358 e. The summed E-state index contributed by atoms with van der Waals surface area (Å²) >= 11 is 0. The molecule has 6 nitrogen and oxygen atoms in total. The first-order chi connectivity index (χ1) is 5.66. The fourth-order valence-corrected chi connectivity index (χ4v) is 0.910. The van der Waals surface area contributed by atoms with Crippen LogP contribution in [0.25, 0.3) is 0 Å². The number of nitrogens with zero attached hydrogens (tertiary/aromatic N) is 3. The van der Waals surface area contributed by atoms with Crippen LogP contribution in [-0.2, 0) is 18.3 Å². The van der Waals surface area contributed by atoms with E-state index >= 15 is 0 Å². The van der Waals surface area contributed by atoms with Crippen molar-refractivity contribution >= 4 is 12.1 Å². The number of aryl methyl sites for hydroxylation is 1. The second-order valence-electron chi connectivity index (χ2n) is 2.25. The lowest BCUT2D eigenvalue weighted by Crippen LogP contribution is -2.00. The van der Waals surface area contributed by atoms with Gasteiger partial charge in [0.05, 0.1) is 6.42 Å². The van der Waals surface area contributed by atoms with Crippen LogP contribution in [0.15, 0.2) is 6.33 Å². The highest BCUT2D eigenvalue weighted by atomic mass is 16.6. The van der Waals surface area contributed by atoms with Gasteiger partial charge in [-0.1, -0.05) is 0 Å². The van der Waals surface area contributed by atoms with Crippen LogP contribution in [0.5, 0.6) is 0 Å². The van der Waals surface area contributed by atoms with Crippen LogP contribution in [0, 0.1) is 10.1 Å². The smallest absolute Gasteiger partial charge is 0.358 e. The summed E-state index contributed by atoms with van der Waals surface area (Å²) in [6, 6.07) is 0. The number of imidazole rings is 1. The maximum absolute atomic E-state index is 10.3. The Morgan fingerprint density at radius 1 is 1.83 bits per heavy atom. The third-order valence-electron chi connectivity index (χ3n) is 1.49. The zero-order valence-corrected chi connectivity index (χ0v) is 6.43. The molecule has 0 saturated carbocycles. The van der Waals surface area contributed by atoms with Gasteiger partial charge in [-0.25, -0.2) is 0 Å². The van der Waals surface area contributed by atoms with E-state index in [1.807, 2.05) is 0 Å². The molecular formula is C6H7N3O3. The molecule has 0 aliphatic heterocycles. The van der Waals surface area contributed by atoms with E-state index in [9.17, 15) is 14.9 Å². The van der Waals surface area contributed by atoms with Gasteiger partial charge in [0.15, 0.2) is 0 Å². The van der Waals surface area contributed by atoms with Crippen LogP contribution in [0.3, 0.4) is 0 Å². The molecule has 12 heavy (non-hydrogen) atoms. The van der Waals surface area contributed by atoms with Crippen molar-refractivity contribution in [3.8, 4) is 0 Å². The van der Waals surface area contributed by atoms with Gasteiger partial charge in [0, 0.05) is 7.05 Å². The number of nitro groups is 1. The number of hydrogen-bond donors (Lipinski definition) is 0. The number of rotatable bonds is 3. The summed E-state index contributed by atoms with van der Waals surface area (Å²) in [5, 5.41) is 10.3. The molecule has 6 heteroatoms. The first-order valence-electron chi connectivity index (χ1n) is 3.25. The maximum Gasteiger partial charge on any atom is 0.385 e. The molecule has 64 valence electrons. The van der Waals surface area contributed by atoms with Gasteiger partial charge in [-0.15, -0.1) is 0 Å². The molecule has 0 amide bonds. The van der Waals surface area contributed by atoms with E-state index in [0.29, 0.717) is 12.0 Å². The predicted octanol–water partition coefficient (Wildman–Crippen LogP) is 0.0697. The van der Waals surface area contributed by atoms with Crippen molar-refractivity contribution in [2.45, 2.75) is 6.42 Å². The van der Waals surface area contributed by atoms with Gasteiger partial charge < -0.3 is 19.5 Å². The van der Waals surface area contributed by atoms with Crippen molar-refractivity contribution < 1.29 is 9.72 Å². The maximum atomic E-state index is 10.3. The minimum atomic E-state index is -0.598. The lowest BCUT2D eigenvalue weighted by molar-refractivity contribution is -0.390. The quantitative estimate of drug-likeness (QED) is 0.364. The van der Waals surface area contributed by atoms with Crippen LogP contribution in [0.2, 0.25) is 0 Å². The van der Waals surface area contributed by atoms with Crippen molar-refractivity contribution in [1.82, 2.24) is 9.55 Å². The molecule has 0 saturated heterocycles. The normalized spacial score (nSPS) is 9.75. The molecule has 0 fully saturated rings. The molecule has 0 unspecified atom stereocenters. The van der Waals surface area contributed by atoms with Gasteiger partial charge in [-0.2, -0.15) is 0 Å². The van der Waals surface area contributed by atoms with Crippen LogP contribution >= 0.6 is 0 Å². The Balaban J connectivity index is 3.11. The summed E-state index contributed by atoms with van der Waals surface area (Å²) in [7, 11) is 1.61. The van der Waals surface area contributed by atoms with Gasteiger partial charge in [0.25, 0.3) is 0 Å². The van der Waals surface area contributed by atoms with E-state index in [4.69, 9.17) is 0 Å². The number of carbonyl (C=O) groups excluding carboxylic acids is 1. The molecule has 1 rings (SSSR count). The first-order valence-corrected chi connectivity index (χ1v) is 3.25. The molecule has 0 atom stereocenters. The molecule has 1 aromatic heterocycles. The van der Waals surface area contributed by atoms with Gasteiger partial charge >= 0.3 is 5.82 Å². The van der Waals surface area contributed by atoms with Gasteiger partial charge in [-0.3, -0.25) is 0 Å². The van der Waals surface area contributed by atoms with Crippen molar-refractivity contribution in [3.05, 3.63) is 22.1 Å². The summed E-state index contributed by atoms with van der Waals surface area (Å²) in [6.45, 7) is 0. The Morgan fingerprint density at radius 2 is 2.50 bits per heavy atom. The van der Waals surface area contributed by atoms with Crippen LogP contribution in [0.4, 0.5) is 5.82 Å². The monoisotopic (exact) mass is 169 g/mol. The van der Waals surface area contributed by atoms with E-state index in [-0.39, 0.29) is 12.2 Å². The summed E-state index contributed by atoms with van der Waals surface area (Å²) in [6.07, 6.45) is 1.95. The standard InChI is InChI=1S/C6H7N3O3/c1-8-4-7-6(9(11)12)5(8)2-3-10/h3-4H,2H2,1H3. The van der Waals surface area contributed by atoms with Crippen LogP contribution in [-0.4, -0.2) is 20.8 Å². The number of hydrogen-bond acceptors (Lipinski definition) is 4. The Kier molecular flexibility index (Phi) is 2.18. The average molecular weight is 169 g/mol. The minimum absolute atomic E-state index is 0.0206. The van der Waals surface area contributed by atoms with Crippen LogP contribution in [0.1, 0.15) is 5.69 Å². The predicted molar refractivity (Wildman–Crippen MR) is 39.6 cm³/mol. The molecular weight excluding hydrogens is 162 g/mol. The zero-order valence-electron chi connectivity index (χ0n) is 6.43. The molecule has 0 spiro atoms. The molecule has 0 bridgehead atoms. The summed E-state index contributed by atoms with van der Waals surface area (Å²) in [4.78, 5) is 23.4. The number of aromatic nitrogens is 2. The fourth-order valence-electron chi connectivity index (χ4n) is 0.910. The summed E-state index contributed by atoms with van der Waals surface area (Å²) < 4.78 is 1.46. The average Bonchev–Trinajstić information content (AvgIpc) is 2.34. The Morgan fingerprint density at radius 3 is 3.00 bits per heavy atom. The largest absolute Gasteiger partial charge is 0.385 e. The third kappa shape index (κ3) is 1.31. The third-order valence-corrected chi connectivity index (χ3v) is 1.49. The number of carbonyl (C=O) groups is 1.